The summed E-state index contributed by atoms with van der Waals surface area (Å²) in [5.41, 5.74) is 1.73. The molecule has 0 saturated heterocycles. The zero-order chi connectivity index (χ0) is 18.1. The number of fused-ring (bicyclic) bond motifs is 1. The van der Waals surface area contributed by atoms with Gasteiger partial charge in [0.2, 0.25) is 0 Å². The number of hydrogen-bond donors (Lipinski definition) is 1. The van der Waals surface area contributed by atoms with Gasteiger partial charge in [0.1, 0.15) is 5.01 Å². The van der Waals surface area contributed by atoms with Gasteiger partial charge in [-0.05, 0) is 24.3 Å². The molecular weight excluding hydrogens is 365 g/mol. The van der Waals surface area contributed by atoms with Crippen molar-refractivity contribution in [1.82, 2.24) is 20.1 Å². The molecule has 0 saturated carbocycles. The summed E-state index contributed by atoms with van der Waals surface area (Å²) < 4.78 is 45.5. The van der Waals surface area contributed by atoms with Crippen molar-refractivity contribution in [3.63, 3.8) is 0 Å². The Morgan fingerprint density at radius 3 is 2.77 bits per heavy atom. The minimum absolute atomic E-state index is 0.0363. The number of ether oxygens (including phenoxy) is 1. The lowest BCUT2D eigenvalue weighted by Gasteiger charge is -2.24. The fourth-order valence-electron chi connectivity index (χ4n) is 2.92. The van der Waals surface area contributed by atoms with Crippen LogP contribution in [0.15, 0.2) is 42.0 Å². The first-order chi connectivity index (χ1) is 12.5. The molecule has 9 heteroatoms. The topological polar surface area (TPSA) is 52.0 Å². The highest BCUT2D eigenvalue weighted by molar-refractivity contribution is 7.09. The molecule has 1 atom stereocenters. The van der Waals surface area contributed by atoms with E-state index in [0.717, 1.165) is 28.4 Å². The Morgan fingerprint density at radius 1 is 1.27 bits per heavy atom. The lowest BCUT2D eigenvalue weighted by molar-refractivity contribution is -0.137. The molecule has 0 amide bonds. The molecule has 0 aliphatic carbocycles. The minimum Gasteiger partial charge on any atom is -0.373 e. The van der Waals surface area contributed by atoms with Crippen LogP contribution in [0, 0.1) is 0 Å². The van der Waals surface area contributed by atoms with Crippen LogP contribution in [0.25, 0.3) is 5.69 Å². The fraction of sp³-hybridized carbons (Fsp3) is 0.294. The predicted octanol–water partition coefficient (Wildman–Crippen LogP) is 3.71. The van der Waals surface area contributed by atoms with Crippen LogP contribution in [0.5, 0.6) is 0 Å². The highest BCUT2D eigenvalue weighted by Crippen LogP contribution is 2.31. The smallest absolute Gasteiger partial charge is 0.373 e. The molecule has 136 valence electrons. The van der Waals surface area contributed by atoms with Crippen molar-refractivity contribution < 1.29 is 17.9 Å². The molecular formula is C17H15F3N4OS. The highest BCUT2D eigenvalue weighted by Gasteiger charge is 2.30. The number of nitrogens with zero attached hydrogens (tertiary/aromatic N) is 3. The lowest BCUT2D eigenvalue weighted by atomic mass is 10.1. The lowest BCUT2D eigenvalue weighted by Crippen LogP contribution is -2.29. The number of aromatic nitrogens is 3. The molecule has 0 spiro atoms. The third-order valence-electron chi connectivity index (χ3n) is 4.22. The molecule has 3 aromatic rings. The normalized spacial score (nSPS) is 17.3. The average Bonchev–Trinajstić information content (AvgIpc) is 3.29. The van der Waals surface area contributed by atoms with E-state index in [2.05, 4.69) is 15.4 Å². The van der Waals surface area contributed by atoms with Crippen molar-refractivity contribution in [1.29, 1.82) is 0 Å². The Labute approximate surface area is 151 Å². The quantitative estimate of drug-likeness (QED) is 0.750. The van der Waals surface area contributed by atoms with E-state index in [-0.39, 0.29) is 6.04 Å². The van der Waals surface area contributed by atoms with Gasteiger partial charge in [0.15, 0.2) is 0 Å². The van der Waals surface area contributed by atoms with Crippen molar-refractivity contribution >= 4 is 11.3 Å². The van der Waals surface area contributed by atoms with Crippen LogP contribution in [0.3, 0.4) is 0 Å². The van der Waals surface area contributed by atoms with Gasteiger partial charge in [0.05, 0.1) is 42.4 Å². The number of benzene rings is 1. The van der Waals surface area contributed by atoms with Crippen molar-refractivity contribution in [3.05, 3.63) is 63.9 Å². The van der Waals surface area contributed by atoms with Gasteiger partial charge in [-0.1, -0.05) is 0 Å². The Balaban J connectivity index is 1.56. The molecule has 5 nitrogen and oxygen atoms in total. The van der Waals surface area contributed by atoms with E-state index >= 15 is 0 Å². The van der Waals surface area contributed by atoms with Gasteiger partial charge in [-0.2, -0.15) is 18.3 Å². The first-order valence-corrected chi connectivity index (χ1v) is 8.84. The summed E-state index contributed by atoms with van der Waals surface area (Å²) in [6, 6.07) is 4.92. The Bertz CT molecular complexity index is 875. The third-order valence-corrected chi connectivity index (χ3v) is 5.00. The van der Waals surface area contributed by atoms with E-state index < -0.39 is 11.7 Å². The van der Waals surface area contributed by atoms with Gasteiger partial charge in [0, 0.05) is 23.7 Å². The first kappa shape index (κ1) is 17.2. The summed E-state index contributed by atoms with van der Waals surface area (Å²) in [5.74, 6) is 0. The first-order valence-electron chi connectivity index (χ1n) is 7.96. The summed E-state index contributed by atoms with van der Waals surface area (Å²) in [6.07, 6.45) is -0.849. The van der Waals surface area contributed by atoms with Gasteiger partial charge in [0.25, 0.3) is 0 Å². The van der Waals surface area contributed by atoms with E-state index in [1.807, 2.05) is 5.38 Å². The van der Waals surface area contributed by atoms with Crippen molar-refractivity contribution in [2.24, 2.45) is 0 Å². The van der Waals surface area contributed by atoms with E-state index in [4.69, 9.17) is 4.74 Å². The number of halogens is 3. The monoisotopic (exact) mass is 380 g/mol. The summed E-state index contributed by atoms with van der Waals surface area (Å²) in [7, 11) is 0. The van der Waals surface area contributed by atoms with Gasteiger partial charge in [-0.15, -0.1) is 11.3 Å². The van der Waals surface area contributed by atoms with Crippen LogP contribution < -0.4 is 5.32 Å². The van der Waals surface area contributed by atoms with E-state index in [0.29, 0.717) is 25.4 Å². The van der Waals surface area contributed by atoms with Crippen LogP contribution in [-0.2, 0) is 24.1 Å². The maximum Gasteiger partial charge on any atom is 0.416 e. The van der Waals surface area contributed by atoms with Crippen LogP contribution in [0.1, 0.15) is 27.9 Å². The number of thiazole rings is 1. The van der Waals surface area contributed by atoms with Crippen molar-refractivity contribution in [2.45, 2.75) is 25.4 Å². The Morgan fingerprint density at radius 2 is 2.08 bits per heavy atom. The molecule has 4 rings (SSSR count). The second-order valence-corrected chi connectivity index (χ2v) is 6.86. The van der Waals surface area contributed by atoms with E-state index in [1.54, 1.807) is 28.4 Å². The molecule has 2 aromatic heterocycles. The summed E-state index contributed by atoms with van der Waals surface area (Å²) in [4.78, 5) is 4.24. The minimum atomic E-state index is -4.35. The van der Waals surface area contributed by atoms with Crippen LogP contribution >= 0.6 is 11.3 Å². The van der Waals surface area contributed by atoms with Gasteiger partial charge < -0.3 is 10.1 Å². The second kappa shape index (κ2) is 6.82. The number of rotatable bonds is 4. The SMILES string of the molecule is FC(F)(F)c1ccc(-n2ncc3c2COCC3NCc2nccs2)cc1. The van der Waals surface area contributed by atoms with E-state index in [9.17, 15) is 13.2 Å². The zero-order valence-electron chi connectivity index (χ0n) is 13.5. The Hall–Kier alpha value is -2.23. The maximum absolute atomic E-state index is 12.7. The largest absolute Gasteiger partial charge is 0.416 e. The molecule has 1 aliphatic rings. The van der Waals surface area contributed by atoms with Crippen LogP contribution in [-0.4, -0.2) is 21.4 Å². The molecule has 1 N–H and O–H groups in total. The highest BCUT2D eigenvalue weighted by atomic mass is 32.1. The van der Waals surface area contributed by atoms with Crippen molar-refractivity contribution in [2.75, 3.05) is 6.61 Å². The maximum atomic E-state index is 12.7. The number of hydrogen-bond acceptors (Lipinski definition) is 5. The molecule has 0 fully saturated rings. The molecule has 3 heterocycles. The number of alkyl halides is 3. The van der Waals surface area contributed by atoms with Gasteiger partial charge >= 0.3 is 6.18 Å². The van der Waals surface area contributed by atoms with Crippen molar-refractivity contribution in [3.8, 4) is 5.69 Å². The second-order valence-electron chi connectivity index (χ2n) is 5.88. The summed E-state index contributed by atoms with van der Waals surface area (Å²) in [5, 5.41) is 10.7. The van der Waals surface area contributed by atoms with Gasteiger partial charge in [-0.25, -0.2) is 9.67 Å². The molecule has 0 bridgehead atoms. The molecule has 26 heavy (non-hydrogen) atoms. The molecule has 1 aliphatic heterocycles. The number of nitrogens with one attached hydrogen (secondary N) is 1. The molecule has 1 unspecified atom stereocenters. The standard InChI is InChI=1S/C17H15F3N4OS/c18-17(19,20)11-1-3-12(4-2-11)24-15-10-25-9-14(13(15)7-23-24)22-8-16-21-5-6-26-16/h1-7,14,22H,8-10H2. The third kappa shape index (κ3) is 3.37. The van der Waals surface area contributed by atoms with Gasteiger partial charge in [-0.3, -0.25) is 0 Å². The fourth-order valence-corrected chi connectivity index (χ4v) is 3.49. The van der Waals surface area contributed by atoms with Crippen LogP contribution in [0.4, 0.5) is 13.2 Å². The molecule has 1 aromatic carbocycles. The average molecular weight is 380 g/mol. The Kier molecular flexibility index (Phi) is 4.51. The summed E-state index contributed by atoms with van der Waals surface area (Å²) in [6.45, 7) is 1.50. The van der Waals surface area contributed by atoms with E-state index in [1.165, 1.54) is 12.1 Å². The predicted molar refractivity (Wildman–Crippen MR) is 89.9 cm³/mol. The van der Waals surface area contributed by atoms with Crippen LogP contribution in [0.2, 0.25) is 0 Å². The zero-order valence-corrected chi connectivity index (χ0v) is 14.3. The molecule has 0 radical (unpaired) electrons. The summed E-state index contributed by atoms with van der Waals surface area (Å²) >= 11 is 1.57.